The van der Waals surface area contributed by atoms with Crippen molar-refractivity contribution in [1.82, 2.24) is 0 Å². The van der Waals surface area contributed by atoms with E-state index in [0.717, 1.165) is 68.9 Å². The van der Waals surface area contributed by atoms with E-state index in [0.29, 0.717) is 11.5 Å². The molecule has 4 nitrogen and oxygen atoms in total. The second-order valence-corrected chi connectivity index (χ2v) is 8.19. The van der Waals surface area contributed by atoms with Crippen LogP contribution in [-0.2, 0) is 9.59 Å². The first-order chi connectivity index (χ1) is 12.0. The fourth-order valence-electron chi connectivity index (χ4n) is 5.46. The molecule has 1 atom stereocenters. The molecule has 0 amide bonds. The van der Waals surface area contributed by atoms with Gasteiger partial charge in [-0.05, 0) is 62.0 Å². The largest absolute Gasteiger partial charge is 0.481 e. The fourth-order valence-corrected chi connectivity index (χ4v) is 5.46. The van der Waals surface area contributed by atoms with Gasteiger partial charge in [-0.3, -0.25) is 4.79 Å². The van der Waals surface area contributed by atoms with Gasteiger partial charge < -0.3 is 10.2 Å². The number of hydrogen-bond donors (Lipinski definition) is 2. The zero-order valence-electron chi connectivity index (χ0n) is 15.2. The van der Waals surface area contributed by atoms with E-state index in [1.165, 1.54) is 6.42 Å². The summed E-state index contributed by atoms with van der Waals surface area (Å²) in [5, 5.41) is 20.0. The lowest BCUT2D eigenvalue weighted by molar-refractivity contribution is -0.151. The highest BCUT2D eigenvalue weighted by Crippen LogP contribution is 2.55. The minimum Gasteiger partial charge on any atom is -0.481 e. The van der Waals surface area contributed by atoms with Gasteiger partial charge in [0.2, 0.25) is 0 Å². The summed E-state index contributed by atoms with van der Waals surface area (Å²) in [6.45, 7) is 1.83. The fraction of sp³-hybridized carbons (Fsp3) is 0.714. The molecule has 0 spiro atoms. The van der Waals surface area contributed by atoms with E-state index in [4.69, 9.17) is 0 Å². The zero-order valence-corrected chi connectivity index (χ0v) is 15.2. The average Bonchev–Trinajstić information content (AvgIpc) is 2.62. The normalized spacial score (nSPS) is 29.4. The molecule has 1 unspecified atom stereocenters. The Morgan fingerprint density at radius 2 is 1.52 bits per heavy atom. The molecule has 0 aliphatic heterocycles. The molecular weight excluding hydrogens is 316 g/mol. The summed E-state index contributed by atoms with van der Waals surface area (Å²) in [5.41, 5.74) is 1.08. The van der Waals surface area contributed by atoms with Gasteiger partial charge in [-0.2, -0.15) is 0 Å². The van der Waals surface area contributed by atoms with E-state index in [1.54, 1.807) is 0 Å². The van der Waals surface area contributed by atoms with Gasteiger partial charge in [-0.1, -0.05) is 44.6 Å². The van der Waals surface area contributed by atoms with Gasteiger partial charge in [0.05, 0.1) is 5.41 Å². The third-order valence-corrected chi connectivity index (χ3v) is 6.81. The number of hydrogen-bond acceptors (Lipinski definition) is 2. The molecule has 0 aromatic rings. The third-order valence-electron chi connectivity index (χ3n) is 6.81. The number of rotatable bonds is 4. The Morgan fingerprint density at radius 1 is 0.960 bits per heavy atom. The van der Waals surface area contributed by atoms with Crippen LogP contribution in [0.25, 0.3) is 0 Å². The maximum atomic E-state index is 12.6. The predicted octanol–water partition coefficient (Wildman–Crippen LogP) is 4.95. The van der Waals surface area contributed by atoms with Gasteiger partial charge in [-0.15, -0.1) is 0 Å². The van der Waals surface area contributed by atoms with Crippen LogP contribution in [0.1, 0.15) is 77.6 Å². The first-order valence-electron chi connectivity index (χ1n) is 9.85. The molecule has 4 heteroatoms. The standard InChI is InChI=1S/C21H30O4/c1-14-12-18(15-8-4-2-5-9-15)21(20(24)25,13-17(14)19(22)23)16-10-6-3-7-11-16/h12,15-16H,2-11,13H2,1H3,(H,22,23)(H,24,25). The number of carboxylic acids is 2. The molecule has 2 N–H and O–H groups in total. The average molecular weight is 346 g/mol. The monoisotopic (exact) mass is 346 g/mol. The van der Waals surface area contributed by atoms with E-state index in [2.05, 4.69) is 0 Å². The van der Waals surface area contributed by atoms with Crippen molar-refractivity contribution in [3.63, 3.8) is 0 Å². The molecule has 0 bridgehead atoms. The van der Waals surface area contributed by atoms with Gasteiger partial charge in [0, 0.05) is 5.57 Å². The number of carbonyl (C=O) groups is 2. The molecule has 138 valence electrons. The molecule has 25 heavy (non-hydrogen) atoms. The van der Waals surface area contributed by atoms with Crippen molar-refractivity contribution in [2.75, 3.05) is 0 Å². The molecule has 0 radical (unpaired) electrons. The van der Waals surface area contributed by atoms with Crippen molar-refractivity contribution in [1.29, 1.82) is 0 Å². The molecule has 3 aliphatic rings. The zero-order chi connectivity index (χ0) is 18.0. The summed E-state index contributed by atoms with van der Waals surface area (Å²) >= 11 is 0. The number of allylic oxidation sites excluding steroid dienone is 2. The number of aliphatic carboxylic acids is 2. The van der Waals surface area contributed by atoms with Gasteiger partial charge >= 0.3 is 11.9 Å². The molecule has 0 aromatic carbocycles. The van der Waals surface area contributed by atoms with Gasteiger partial charge in [0.25, 0.3) is 0 Å². The Labute approximate surface area is 150 Å². The van der Waals surface area contributed by atoms with Crippen LogP contribution in [0.2, 0.25) is 0 Å². The Hall–Kier alpha value is -1.58. The van der Waals surface area contributed by atoms with Crippen molar-refractivity contribution in [2.45, 2.75) is 77.6 Å². The maximum Gasteiger partial charge on any atom is 0.331 e. The minimum absolute atomic E-state index is 0.0642. The summed E-state index contributed by atoms with van der Waals surface area (Å²) in [6, 6.07) is 0. The maximum absolute atomic E-state index is 12.6. The summed E-state index contributed by atoms with van der Waals surface area (Å²) in [6.07, 6.45) is 12.8. The van der Waals surface area contributed by atoms with E-state index < -0.39 is 17.4 Å². The summed E-state index contributed by atoms with van der Waals surface area (Å²) < 4.78 is 0. The van der Waals surface area contributed by atoms with Crippen molar-refractivity contribution in [3.05, 3.63) is 22.8 Å². The highest BCUT2D eigenvalue weighted by atomic mass is 16.4. The molecule has 0 aromatic heterocycles. The smallest absolute Gasteiger partial charge is 0.331 e. The van der Waals surface area contributed by atoms with Gasteiger partial charge in [-0.25, -0.2) is 4.79 Å². The Bertz CT molecular complexity index is 603. The summed E-state index contributed by atoms with van der Waals surface area (Å²) in [5.74, 6) is -1.40. The van der Waals surface area contributed by atoms with Crippen LogP contribution in [0, 0.1) is 17.3 Å². The van der Waals surface area contributed by atoms with Crippen LogP contribution in [0.15, 0.2) is 22.8 Å². The third kappa shape index (κ3) is 3.28. The predicted molar refractivity (Wildman–Crippen MR) is 96.3 cm³/mol. The second kappa shape index (κ2) is 7.35. The Balaban J connectivity index is 2.09. The molecule has 3 rings (SSSR count). The SMILES string of the molecule is CC1=C(C(=O)O)CC(C(=O)O)(C2CCCCC2)C(C2CCCCC2)=C1. The summed E-state index contributed by atoms with van der Waals surface area (Å²) in [7, 11) is 0. The summed E-state index contributed by atoms with van der Waals surface area (Å²) in [4.78, 5) is 24.4. The van der Waals surface area contributed by atoms with E-state index >= 15 is 0 Å². The van der Waals surface area contributed by atoms with E-state index in [1.807, 2.05) is 13.0 Å². The lowest BCUT2D eigenvalue weighted by Crippen LogP contribution is -2.46. The van der Waals surface area contributed by atoms with Crippen molar-refractivity contribution in [2.24, 2.45) is 17.3 Å². The van der Waals surface area contributed by atoms with Gasteiger partial charge in [0.15, 0.2) is 0 Å². The van der Waals surface area contributed by atoms with Crippen molar-refractivity contribution in [3.8, 4) is 0 Å². The van der Waals surface area contributed by atoms with E-state index in [9.17, 15) is 19.8 Å². The molecule has 0 saturated heterocycles. The topological polar surface area (TPSA) is 74.6 Å². The van der Waals surface area contributed by atoms with Gasteiger partial charge in [0.1, 0.15) is 0 Å². The lowest BCUT2D eigenvalue weighted by Gasteiger charge is -2.46. The van der Waals surface area contributed by atoms with Crippen LogP contribution in [0.5, 0.6) is 0 Å². The highest BCUT2D eigenvalue weighted by Gasteiger charge is 2.53. The van der Waals surface area contributed by atoms with Crippen LogP contribution < -0.4 is 0 Å². The first kappa shape index (κ1) is 18.2. The minimum atomic E-state index is -1.00. The molecule has 0 heterocycles. The first-order valence-corrected chi connectivity index (χ1v) is 9.85. The highest BCUT2D eigenvalue weighted by molar-refractivity contribution is 5.92. The molecule has 3 aliphatic carbocycles. The second-order valence-electron chi connectivity index (χ2n) is 8.19. The Kier molecular flexibility index (Phi) is 5.35. The van der Waals surface area contributed by atoms with Crippen molar-refractivity contribution < 1.29 is 19.8 Å². The van der Waals surface area contributed by atoms with Crippen molar-refractivity contribution >= 4 is 11.9 Å². The van der Waals surface area contributed by atoms with Crippen LogP contribution in [-0.4, -0.2) is 22.2 Å². The quantitative estimate of drug-likeness (QED) is 0.755. The van der Waals surface area contributed by atoms with Crippen LogP contribution >= 0.6 is 0 Å². The van der Waals surface area contributed by atoms with E-state index in [-0.39, 0.29) is 12.3 Å². The van der Waals surface area contributed by atoms with Crippen LogP contribution in [0.4, 0.5) is 0 Å². The molecule has 2 saturated carbocycles. The number of carboxylic acid groups (broad SMARTS) is 2. The lowest BCUT2D eigenvalue weighted by atomic mass is 9.56. The molecular formula is C21H30O4. The molecule has 2 fully saturated rings. The van der Waals surface area contributed by atoms with Crippen LogP contribution in [0.3, 0.4) is 0 Å². The Morgan fingerprint density at radius 3 is 2.04 bits per heavy atom.